The number of thioether (sulfide) groups is 1. The fraction of sp³-hybridized carbons (Fsp3) is 0.611. The standard InChI is InChI=1S/C18H23F3N2O2S/c19-18(20,21)15-4-2-14(3-5-15)17-23(16(24)6-13-26-17)8-1-7-22-9-11-25-12-10-22/h2-5,17H,1,6-13H2. The molecule has 0 bridgehead atoms. The largest absolute Gasteiger partial charge is 0.416 e. The second-order valence-electron chi connectivity index (χ2n) is 6.49. The van der Waals surface area contributed by atoms with E-state index in [2.05, 4.69) is 4.90 Å². The maximum absolute atomic E-state index is 12.8. The Morgan fingerprint density at radius 3 is 2.46 bits per heavy atom. The molecular weight excluding hydrogens is 365 g/mol. The summed E-state index contributed by atoms with van der Waals surface area (Å²) in [6, 6.07) is 5.18. The van der Waals surface area contributed by atoms with E-state index in [0.29, 0.717) is 18.7 Å². The number of morpholine rings is 1. The Morgan fingerprint density at radius 1 is 1.12 bits per heavy atom. The second-order valence-corrected chi connectivity index (χ2v) is 7.68. The van der Waals surface area contributed by atoms with E-state index in [1.807, 2.05) is 4.90 Å². The minimum Gasteiger partial charge on any atom is -0.379 e. The smallest absolute Gasteiger partial charge is 0.379 e. The third kappa shape index (κ3) is 4.92. The summed E-state index contributed by atoms with van der Waals surface area (Å²) in [5.74, 6) is 0.778. The molecule has 2 aliphatic heterocycles. The van der Waals surface area contributed by atoms with Crippen LogP contribution < -0.4 is 0 Å². The monoisotopic (exact) mass is 388 g/mol. The van der Waals surface area contributed by atoms with Crippen molar-refractivity contribution in [2.45, 2.75) is 24.4 Å². The summed E-state index contributed by atoms with van der Waals surface area (Å²) in [6.07, 6.45) is -3.01. The molecule has 26 heavy (non-hydrogen) atoms. The van der Waals surface area contributed by atoms with E-state index in [4.69, 9.17) is 4.74 Å². The number of nitrogens with zero attached hydrogens (tertiary/aromatic N) is 2. The lowest BCUT2D eigenvalue weighted by Crippen LogP contribution is -2.41. The maximum Gasteiger partial charge on any atom is 0.416 e. The summed E-state index contributed by atoms with van der Waals surface area (Å²) in [7, 11) is 0. The summed E-state index contributed by atoms with van der Waals surface area (Å²) >= 11 is 1.62. The highest BCUT2D eigenvalue weighted by Crippen LogP contribution is 2.38. The minimum atomic E-state index is -4.34. The van der Waals surface area contributed by atoms with Gasteiger partial charge in [0.05, 0.1) is 18.8 Å². The molecule has 0 radical (unpaired) electrons. The average molecular weight is 388 g/mol. The van der Waals surface area contributed by atoms with Crippen LogP contribution >= 0.6 is 11.8 Å². The normalized spacial score (nSPS) is 22.7. The average Bonchev–Trinajstić information content (AvgIpc) is 2.63. The van der Waals surface area contributed by atoms with Crippen molar-refractivity contribution in [3.63, 3.8) is 0 Å². The lowest BCUT2D eigenvalue weighted by atomic mass is 10.1. The zero-order valence-corrected chi connectivity index (χ0v) is 15.3. The number of hydrogen-bond donors (Lipinski definition) is 0. The highest BCUT2D eigenvalue weighted by Gasteiger charge is 2.32. The number of carbonyl (C=O) groups is 1. The molecule has 8 heteroatoms. The molecule has 0 saturated carbocycles. The Kier molecular flexibility index (Phi) is 6.47. The van der Waals surface area contributed by atoms with E-state index in [9.17, 15) is 18.0 Å². The molecule has 2 fully saturated rings. The van der Waals surface area contributed by atoms with Gasteiger partial charge >= 0.3 is 6.18 Å². The summed E-state index contributed by atoms with van der Waals surface area (Å²) in [5, 5.41) is -0.205. The topological polar surface area (TPSA) is 32.8 Å². The van der Waals surface area contributed by atoms with Crippen molar-refractivity contribution in [3.05, 3.63) is 35.4 Å². The quantitative estimate of drug-likeness (QED) is 0.774. The van der Waals surface area contributed by atoms with Gasteiger partial charge in [-0.15, -0.1) is 11.8 Å². The van der Waals surface area contributed by atoms with Crippen LogP contribution in [0.4, 0.5) is 13.2 Å². The van der Waals surface area contributed by atoms with Crippen LogP contribution in [0, 0.1) is 0 Å². The molecule has 2 aliphatic rings. The first-order valence-corrected chi connectivity index (χ1v) is 9.88. The molecule has 0 N–H and O–H groups in total. The first kappa shape index (κ1) is 19.5. The van der Waals surface area contributed by atoms with E-state index in [1.54, 1.807) is 11.8 Å². The highest BCUT2D eigenvalue weighted by atomic mass is 32.2. The molecule has 1 aromatic rings. The van der Waals surface area contributed by atoms with Crippen molar-refractivity contribution < 1.29 is 22.7 Å². The Hall–Kier alpha value is -1.25. The van der Waals surface area contributed by atoms with Crippen LogP contribution in [0.5, 0.6) is 0 Å². The maximum atomic E-state index is 12.8. The SMILES string of the molecule is O=C1CCSC(c2ccc(C(F)(F)F)cc2)N1CCCN1CCOCC1. The molecular formula is C18H23F3N2O2S. The molecule has 4 nitrogen and oxygen atoms in total. The molecule has 2 saturated heterocycles. The van der Waals surface area contributed by atoms with E-state index in [1.165, 1.54) is 12.1 Å². The van der Waals surface area contributed by atoms with Gasteiger partial charge in [0.15, 0.2) is 0 Å². The molecule has 1 unspecified atom stereocenters. The molecule has 0 aromatic heterocycles. The van der Waals surface area contributed by atoms with Crippen LogP contribution in [0.2, 0.25) is 0 Å². The number of ether oxygens (including phenoxy) is 1. The van der Waals surface area contributed by atoms with Crippen LogP contribution in [0.25, 0.3) is 0 Å². The first-order chi connectivity index (χ1) is 12.4. The van der Waals surface area contributed by atoms with Gasteiger partial charge in [0.1, 0.15) is 5.37 Å². The Morgan fingerprint density at radius 2 is 1.81 bits per heavy atom. The molecule has 144 valence electrons. The van der Waals surface area contributed by atoms with E-state index in [0.717, 1.165) is 57.0 Å². The van der Waals surface area contributed by atoms with Gasteiger partial charge in [0, 0.05) is 38.4 Å². The number of amides is 1. The van der Waals surface area contributed by atoms with Crippen molar-refractivity contribution in [1.82, 2.24) is 9.80 Å². The molecule has 1 aromatic carbocycles. The van der Waals surface area contributed by atoms with Crippen molar-refractivity contribution in [3.8, 4) is 0 Å². The Bertz CT molecular complexity index is 603. The number of rotatable bonds is 5. The molecule has 3 rings (SSSR count). The molecule has 0 aliphatic carbocycles. The summed E-state index contributed by atoms with van der Waals surface area (Å²) in [4.78, 5) is 16.5. The molecule has 0 spiro atoms. The van der Waals surface area contributed by atoms with E-state index in [-0.39, 0.29) is 11.3 Å². The zero-order chi connectivity index (χ0) is 18.6. The Labute approximate surface area is 155 Å². The highest BCUT2D eigenvalue weighted by molar-refractivity contribution is 7.99. The van der Waals surface area contributed by atoms with Gasteiger partial charge in [0.2, 0.25) is 5.91 Å². The van der Waals surface area contributed by atoms with Gasteiger partial charge in [-0.3, -0.25) is 9.69 Å². The van der Waals surface area contributed by atoms with Crippen molar-refractivity contribution in [2.24, 2.45) is 0 Å². The van der Waals surface area contributed by atoms with Crippen molar-refractivity contribution in [1.29, 1.82) is 0 Å². The lowest BCUT2D eigenvalue weighted by molar-refractivity contribution is -0.137. The first-order valence-electron chi connectivity index (χ1n) is 8.83. The third-order valence-electron chi connectivity index (χ3n) is 4.70. The fourth-order valence-electron chi connectivity index (χ4n) is 3.27. The minimum absolute atomic E-state index is 0.0793. The predicted molar refractivity (Wildman–Crippen MR) is 94.8 cm³/mol. The Balaban J connectivity index is 1.63. The molecule has 1 atom stereocenters. The van der Waals surface area contributed by atoms with Gasteiger partial charge in [-0.1, -0.05) is 12.1 Å². The van der Waals surface area contributed by atoms with Crippen LogP contribution in [-0.4, -0.2) is 60.9 Å². The van der Waals surface area contributed by atoms with E-state index >= 15 is 0 Å². The summed E-state index contributed by atoms with van der Waals surface area (Å²) < 4.78 is 43.6. The van der Waals surface area contributed by atoms with Gasteiger partial charge in [-0.2, -0.15) is 13.2 Å². The van der Waals surface area contributed by atoms with Gasteiger partial charge in [-0.25, -0.2) is 0 Å². The van der Waals surface area contributed by atoms with Crippen LogP contribution in [-0.2, 0) is 15.7 Å². The van der Waals surface area contributed by atoms with Crippen molar-refractivity contribution >= 4 is 17.7 Å². The number of carbonyl (C=O) groups excluding carboxylic acids is 1. The predicted octanol–water partition coefficient (Wildman–Crippen LogP) is 3.39. The molecule has 2 heterocycles. The number of hydrogen-bond acceptors (Lipinski definition) is 4. The lowest BCUT2D eigenvalue weighted by Gasteiger charge is -2.36. The van der Waals surface area contributed by atoms with Gasteiger partial charge in [0.25, 0.3) is 0 Å². The van der Waals surface area contributed by atoms with Gasteiger partial charge < -0.3 is 9.64 Å². The van der Waals surface area contributed by atoms with E-state index < -0.39 is 11.7 Å². The fourth-order valence-corrected chi connectivity index (χ4v) is 4.53. The third-order valence-corrected chi connectivity index (χ3v) is 5.98. The van der Waals surface area contributed by atoms with Crippen LogP contribution in [0.3, 0.4) is 0 Å². The zero-order valence-electron chi connectivity index (χ0n) is 14.5. The number of halogens is 3. The van der Waals surface area contributed by atoms with Crippen LogP contribution in [0.1, 0.15) is 29.3 Å². The summed E-state index contributed by atoms with van der Waals surface area (Å²) in [6.45, 7) is 4.82. The molecule has 1 amide bonds. The number of benzene rings is 1. The van der Waals surface area contributed by atoms with Crippen LogP contribution in [0.15, 0.2) is 24.3 Å². The number of alkyl halides is 3. The van der Waals surface area contributed by atoms with Crippen molar-refractivity contribution in [2.75, 3.05) is 45.1 Å². The summed E-state index contributed by atoms with van der Waals surface area (Å²) in [5.41, 5.74) is 0.0923. The van der Waals surface area contributed by atoms with Gasteiger partial charge in [-0.05, 0) is 24.1 Å². The second kappa shape index (κ2) is 8.63.